The van der Waals surface area contributed by atoms with Crippen molar-refractivity contribution in [3.63, 3.8) is 0 Å². The predicted octanol–water partition coefficient (Wildman–Crippen LogP) is 3.90. The van der Waals surface area contributed by atoms with E-state index in [0.29, 0.717) is 6.04 Å². The lowest BCUT2D eigenvalue weighted by Crippen LogP contribution is -2.46. The Morgan fingerprint density at radius 3 is 2.43 bits per heavy atom. The van der Waals surface area contributed by atoms with Crippen molar-refractivity contribution >= 4 is 0 Å². The molecule has 0 radical (unpaired) electrons. The number of hydrogen-bond acceptors (Lipinski definition) is 2. The molecule has 1 atom stereocenters. The van der Waals surface area contributed by atoms with Gasteiger partial charge < -0.3 is 10.1 Å². The average Bonchev–Trinajstić information content (AvgIpc) is 2.48. The third-order valence-corrected chi connectivity index (χ3v) is 4.82. The second-order valence-corrected chi connectivity index (χ2v) is 6.63. The highest BCUT2D eigenvalue weighted by Crippen LogP contribution is 2.33. The third-order valence-electron chi connectivity index (χ3n) is 4.82. The summed E-state index contributed by atoms with van der Waals surface area (Å²) in [5.74, 6) is 0.557. The van der Waals surface area contributed by atoms with Crippen LogP contribution in [-0.2, 0) is 10.2 Å². The lowest BCUT2D eigenvalue weighted by Gasteiger charge is -2.38. The normalized spacial score (nSPS) is 18.7. The van der Waals surface area contributed by atoms with Gasteiger partial charge >= 0.3 is 0 Å². The Morgan fingerprint density at radius 1 is 1.24 bits per heavy atom. The van der Waals surface area contributed by atoms with Gasteiger partial charge in [0, 0.05) is 24.7 Å². The van der Waals surface area contributed by atoms with Crippen LogP contribution in [0.25, 0.3) is 0 Å². The maximum atomic E-state index is 13.2. The molecule has 2 rings (SSSR count). The smallest absolute Gasteiger partial charge is 0.123 e. The summed E-state index contributed by atoms with van der Waals surface area (Å²) < 4.78 is 18.6. The number of rotatable bonds is 6. The Hall–Kier alpha value is -0.930. The molecular formula is C18H28FNO. The van der Waals surface area contributed by atoms with Crippen molar-refractivity contribution in [2.45, 2.75) is 51.5 Å². The summed E-state index contributed by atoms with van der Waals surface area (Å²) >= 11 is 0. The van der Waals surface area contributed by atoms with Gasteiger partial charge in [-0.1, -0.05) is 32.9 Å². The lowest BCUT2D eigenvalue weighted by molar-refractivity contribution is 0.0574. The first-order valence-corrected chi connectivity index (χ1v) is 8.11. The Labute approximate surface area is 128 Å². The molecule has 1 unspecified atom stereocenters. The number of halogens is 1. The molecule has 1 N–H and O–H groups in total. The van der Waals surface area contributed by atoms with Crippen LogP contribution in [0.1, 0.15) is 45.6 Å². The molecule has 2 nitrogen and oxygen atoms in total. The van der Waals surface area contributed by atoms with Crippen molar-refractivity contribution in [1.29, 1.82) is 0 Å². The summed E-state index contributed by atoms with van der Waals surface area (Å²) in [6.45, 7) is 9.40. The molecule has 21 heavy (non-hydrogen) atoms. The van der Waals surface area contributed by atoms with Crippen molar-refractivity contribution in [3.8, 4) is 0 Å². The van der Waals surface area contributed by atoms with E-state index in [9.17, 15) is 4.39 Å². The molecule has 0 aliphatic carbocycles. The van der Waals surface area contributed by atoms with Crippen molar-refractivity contribution in [2.75, 3.05) is 19.8 Å². The van der Waals surface area contributed by atoms with E-state index in [-0.39, 0.29) is 11.2 Å². The summed E-state index contributed by atoms with van der Waals surface area (Å²) in [5.41, 5.74) is 1.18. The second-order valence-electron chi connectivity index (χ2n) is 6.63. The Kier molecular flexibility index (Phi) is 5.77. The van der Waals surface area contributed by atoms with E-state index >= 15 is 0 Å². The van der Waals surface area contributed by atoms with Crippen LogP contribution in [-0.4, -0.2) is 25.8 Å². The highest BCUT2D eigenvalue weighted by atomic mass is 19.1. The molecule has 1 saturated heterocycles. The first-order valence-electron chi connectivity index (χ1n) is 8.11. The van der Waals surface area contributed by atoms with Crippen LogP contribution >= 0.6 is 0 Å². The fraction of sp³-hybridized carbons (Fsp3) is 0.667. The van der Waals surface area contributed by atoms with E-state index in [2.05, 4.69) is 26.1 Å². The summed E-state index contributed by atoms with van der Waals surface area (Å²) in [5, 5.41) is 3.65. The van der Waals surface area contributed by atoms with Crippen LogP contribution < -0.4 is 5.32 Å². The topological polar surface area (TPSA) is 21.3 Å². The van der Waals surface area contributed by atoms with Gasteiger partial charge in [0.2, 0.25) is 0 Å². The zero-order chi connectivity index (χ0) is 15.3. The fourth-order valence-electron chi connectivity index (χ4n) is 3.28. The Morgan fingerprint density at radius 2 is 1.86 bits per heavy atom. The van der Waals surface area contributed by atoms with E-state index < -0.39 is 0 Å². The van der Waals surface area contributed by atoms with Gasteiger partial charge in [-0.15, -0.1) is 0 Å². The zero-order valence-electron chi connectivity index (χ0n) is 13.5. The molecule has 1 aromatic carbocycles. The van der Waals surface area contributed by atoms with Crippen LogP contribution in [0.3, 0.4) is 0 Å². The number of hydrogen-bond donors (Lipinski definition) is 1. The molecule has 0 saturated carbocycles. The summed E-state index contributed by atoms with van der Waals surface area (Å²) in [6.07, 6.45) is 3.46. The van der Waals surface area contributed by atoms with Gasteiger partial charge in [0.25, 0.3) is 0 Å². The monoisotopic (exact) mass is 293 g/mol. The van der Waals surface area contributed by atoms with Gasteiger partial charge in [-0.3, -0.25) is 0 Å². The van der Waals surface area contributed by atoms with Crippen molar-refractivity contribution in [1.82, 2.24) is 5.32 Å². The highest BCUT2D eigenvalue weighted by Gasteiger charge is 2.33. The van der Waals surface area contributed by atoms with E-state index in [4.69, 9.17) is 4.74 Å². The fourth-order valence-corrected chi connectivity index (χ4v) is 3.28. The number of ether oxygens (including phenoxy) is 1. The van der Waals surface area contributed by atoms with E-state index in [1.54, 1.807) is 12.1 Å². The van der Waals surface area contributed by atoms with E-state index in [1.807, 2.05) is 12.1 Å². The molecule has 1 aliphatic rings. The summed E-state index contributed by atoms with van der Waals surface area (Å²) in [7, 11) is 0. The van der Waals surface area contributed by atoms with E-state index in [0.717, 1.165) is 44.9 Å². The van der Waals surface area contributed by atoms with Crippen LogP contribution in [0.15, 0.2) is 24.3 Å². The minimum atomic E-state index is -0.168. The molecular weight excluding hydrogens is 265 g/mol. The maximum absolute atomic E-state index is 13.2. The summed E-state index contributed by atoms with van der Waals surface area (Å²) in [4.78, 5) is 0. The summed E-state index contributed by atoms with van der Waals surface area (Å²) in [6, 6.07) is 7.37. The molecule has 0 spiro atoms. The molecule has 118 valence electrons. The van der Waals surface area contributed by atoms with Gasteiger partial charge in [-0.05, 0) is 49.4 Å². The third kappa shape index (κ3) is 4.27. The predicted molar refractivity (Wildman–Crippen MR) is 85.1 cm³/mol. The number of nitrogens with one attached hydrogen (secondary N) is 1. The van der Waals surface area contributed by atoms with Gasteiger partial charge in [-0.25, -0.2) is 4.39 Å². The maximum Gasteiger partial charge on any atom is 0.123 e. The molecule has 3 heteroatoms. The Balaban J connectivity index is 2.12. The molecule has 0 aromatic heterocycles. The molecule has 0 bridgehead atoms. The molecule has 1 aromatic rings. The molecule has 1 heterocycles. The first kappa shape index (κ1) is 16.4. The Bertz CT molecular complexity index is 423. The first-order chi connectivity index (χ1) is 10.0. The number of benzene rings is 1. The van der Waals surface area contributed by atoms with Crippen LogP contribution in [0.2, 0.25) is 0 Å². The van der Waals surface area contributed by atoms with Gasteiger partial charge in [0.05, 0.1) is 0 Å². The molecule has 1 aliphatic heterocycles. The van der Waals surface area contributed by atoms with Crippen LogP contribution in [0, 0.1) is 11.7 Å². The minimum absolute atomic E-state index is 0.0119. The van der Waals surface area contributed by atoms with Crippen molar-refractivity contribution in [3.05, 3.63) is 35.6 Å². The van der Waals surface area contributed by atoms with Gasteiger partial charge in [-0.2, -0.15) is 0 Å². The largest absolute Gasteiger partial charge is 0.381 e. The quantitative estimate of drug-likeness (QED) is 0.859. The van der Waals surface area contributed by atoms with Crippen molar-refractivity contribution in [2.24, 2.45) is 5.92 Å². The second kappa shape index (κ2) is 7.37. The minimum Gasteiger partial charge on any atom is -0.381 e. The molecule has 1 fully saturated rings. The number of likely N-dealkylation sites (N-methyl/N-ethyl adjacent to an activating group) is 1. The van der Waals surface area contributed by atoms with Gasteiger partial charge in [0.1, 0.15) is 5.82 Å². The van der Waals surface area contributed by atoms with Crippen molar-refractivity contribution < 1.29 is 9.13 Å². The highest BCUT2D eigenvalue weighted by molar-refractivity contribution is 5.26. The SMILES string of the molecule is CCNC(CC1CCOCC1)C(C)(C)c1ccc(F)cc1. The standard InChI is InChI=1S/C18H28FNO/c1-4-20-17(13-14-9-11-21-12-10-14)18(2,3)15-5-7-16(19)8-6-15/h5-8,14,17,20H,4,9-13H2,1-3H3. The van der Waals surface area contributed by atoms with Gasteiger partial charge in [0.15, 0.2) is 0 Å². The van der Waals surface area contributed by atoms with Crippen LogP contribution in [0.5, 0.6) is 0 Å². The van der Waals surface area contributed by atoms with Crippen LogP contribution in [0.4, 0.5) is 4.39 Å². The average molecular weight is 293 g/mol. The lowest BCUT2D eigenvalue weighted by atomic mass is 9.73. The zero-order valence-corrected chi connectivity index (χ0v) is 13.5. The molecule has 0 amide bonds. The van der Waals surface area contributed by atoms with E-state index in [1.165, 1.54) is 5.56 Å².